The van der Waals surface area contributed by atoms with E-state index in [-0.39, 0.29) is 5.56 Å². The van der Waals surface area contributed by atoms with Crippen LogP contribution in [0.2, 0.25) is 0 Å². The van der Waals surface area contributed by atoms with Gasteiger partial charge in [0.05, 0.1) is 5.25 Å². The van der Waals surface area contributed by atoms with E-state index in [4.69, 9.17) is 0 Å². The van der Waals surface area contributed by atoms with Gasteiger partial charge in [-0.3, -0.25) is 4.79 Å². The molecule has 0 unspecified atom stereocenters. The van der Waals surface area contributed by atoms with Crippen molar-refractivity contribution in [2.24, 2.45) is 5.92 Å². The van der Waals surface area contributed by atoms with Gasteiger partial charge in [0, 0.05) is 5.56 Å². The number of hydrogen-bond acceptors (Lipinski definition) is 3. The molecule has 0 N–H and O–H groups in total. The van der Waals surface area contributed by atoms with E-state index in [2.05, 4.69) is 11.7 Å². The van der Waals surface area contributed by atoms with E-state index in [0.29, 0.717) is 18.8 Å². The Morgan fingerprint density at radius 1 is 0.966 bits per heavy atom. The maximum absolute atomic E-state index is 12.9. The van der Waals surface area contributed by atoms with Crippen molar-refractivity contribution in [2.75, 3.05) is 0 Å². The Kier molecular flexibility index (Phi) is 9.75. The first-order valence-corrected chi connectivity index (χ1v) is 12.6. The van der Waals surface area contributed by atoms with E-state index in [1.807, 2.05) is 0 Å². The molecule has 0 radical (unpaired) electrons. The molecule has 1 aliphatic rings. The molecule has 1 saturated carbocycles. The number of hydrogen-bond donors (Lipinski definition) is 0. The molecule has 0 heterocycles. The predicted octanol–water partition coefficient (Wildman–Crippen LogP) is 5.61. The van der Waals surface area contributed by atoms with Crippen LogP contribution < -0.4 is 0 Å². The molecule has 1 aromatic carbocycles. The van der Waals surface area contributed by atoms with Crippen molar-refractivity contribution in [1.82, 2.24) is 0 Å². The fourth-order valence-corrected chi connectivity index (χ4v) is 5.92. The number of ketones is 1. The second-order valence-corrected chi connectivity index (χ2v) is 10.3. The van der Waals surface area contributed by atoms with Crippen LogP contribution in [0.25, 0.3) is 5.53 Å². The first-order chi connectivity index (χ1) is 14.0. The monoisotopic (exact) mass is 418 g/mol. The molecule has 6 heteroatoms. The lowest BCUT2D eigenvalue weighted by Gasteiger charge is -2.27. The Labute approximate surface area is 175 Å². The Morgan fingerprint density at radius 3 is 2.14 bits per heavy atom. The van der Waals surface area contributed by atoms with Crippen LogP contribution in [0.3, 0.4) is 0 Å². The topological polar surface area (TPSA) is 87.6 Å². The Balaban J connectivity index is 1.83. The third-order valence-corrected chi connectivity index (χ3v) is 8.19. The molecule has 0 aliphatic heterocycles. The highest BCUT2D eigenvalue weighted by molar-refractivity contribution is 8.08. The zero-order chi connectivity index (χ0) is 21.1. The van der Waals surface area contributed by atoms with Crippen molar-refractivity contribution in [3.63, 3.8) is 0 Å². The summed E-state index contributed by atoms with van der Waals surface area (Å²) in [5, 5.41) is -1.36. The highest BCUT2D eigenvalue weighted by Crippen LogP contribution is 2.32. The van der Waals surface area contributed by atoms with Gasteiger partial charge in [-0.25, -0.2) is 8.42 Å². The molecule has 0 aromatic heterocycles. The third-order valence-electron chi connectivity index (χ3n) is 6.04. The Morgan fingerprint density at radius 2 is 1.55 bits per heavy atom. The van der Waals surface area contributed by atoms with Crippen LogP contribution in [0.4, 0.5) is 0 Å². The third kappa shape index (κ3) is 6.90. The molecule has 160 valence electrons. The summed E-state index contributed by atoms with van der Waals surface area (Å²) in [7, 11) is -3.93. The van der Waals surface area contributed by atoms with Crippen molar-refractivity contribution in [2.45, 2.75) is 89.2 Å². The molecule has 0 atom stereocenters. The van der Waals surface area contributed by atoms with Gasteiger partial charge >= 0.3 is 5.04 Å². The highest BCUT2D eigenvalue weighted by atomic mass is 32.2. The summed E-state index contributed by atoms with van der Waals surface area (Å²) < 4.78 is 25.8. The number of sulfone groups is 1. The standard InChI is InChI=1S/C23H34N2O3S/c1-2-3-4-5-6-7-9-12-19-15-17-21(18-16-19)29(27,28)23(25-24)22(26)20-13-10-8-11-14-20/h8,10-11,13-14,19,21H,2-7,9,12,15-18H2,1H3. The largest absolute Gasteiger partial charge is 0.452 e. The highest BCUT2D eigenvalue weighted by Gasteiger charge is 2.43. The predicted molar refractivity (Wildman–Crippen MR) is 117 cm³/mol. The number of unbranched alkanes of at least 4 members (excludes halogenated alkanes) is 6. The van der Waals surface area contributed by atoms with Gasteiger partial charge in [0.2, 0.25) is 0 Å². The van der Waals surface area contributed by atoms with E-state index in [1.165, 1.54) is 57.1 Å². The second kappa shape index (κ2) is 12.0. The number of carbonyl (C=O) groups excluding carboxylic acids is 1. The number of rotatable bonds is 11. The van der Waals surface area contributed by atoms with Crippen molar-refractivity contribution in [3.8, 4) is 0 Å². The first-order valence-electron chi connectivity index (χ1n) is 11.1. The molecule has 1 aromatic rings. The Hall–Kier alpha value is -1.78. The number of nitrogens with zero attached hydrogens (tertiary/aromatic N) is 2. The Bertz CT molecular complexity index is 791. The van der Waals surface area contributed by atoms with Crippen LogP contribution in [0.1, 0.15) is 94.3 Å². The molecule has 0 bridgehead atoms. The SMILES string of the molecule is CCCCCCCCCC1CCC(S(=O)(=O)C(=[N+]=[N-])C(=O)c2ccccc2)CC1. The average molecular weight is 419 g/mol. The summed E-state index contributed by atoms with van der Waals surface area (Å²) in [6.07, 6.45) is 12.9. The quantitative estimate of drug-likeness (QED) is 0.117. The molecule has 0 saturated heterocycles. The summed E-state index contributed by atoms with van der Waals surface area (Å²) in [4.78, 5) is 15.4. The van der Waals surface area contributed by atoms with Crippen LogP contribution >= 0.6 is 0 Å². The number of Topliss-reactive ketones (excluding diaryl/α,β-unsaturated/α-hetero) is 1. The van der Waals surface area contributed by atoms with Crippen LogP contribution in [-0.2, 0) is 9.84 Å². The number of benzene rings is 1. The van der Waals surface area contributed by atoms with E-state index in [1.54, 1.807) is 18.2 Å². The van der Waals surface area contributed by atoms with Gasteiger partial charge in [0.1, 0.15) is 0 Å². The van der Waals surface area contributed by atoms with Gasteiger partial charge in [-0.2, -0.15) is 0 Å². The van der Waals surface area contributed by atoms with Gasteiger partial charge in [0.15, 0.2) is 0 Å². The molecule has 5 nitrogen and oxygen atoms in total. The molecule has 29 heavy (non-hydrogen) atoms. The van der Waals surface area contributed by atoms with Gasteiger partial charge in [-0.15, -0.1) is 4.79 Å². The van der Waals surface area contributed by atoms with Gasteiger partial charge in [0.25, 0.3) is 15.6 Å². The maximum Gasteiger partial charge on any atom is 0.452 e. The van der Waals surface area contributed by atoms with E-state index in [0.717, 1.165) is 19.3 Å². The van der Waals surface area contributed by atoms with Gasteiger partial charge in [-0.05, 0) is 31.6 Å². The van der Waals surface area contributed by atoms with E-state index in [9.17, 15) is 18.7 Å². The molecular formula is C23H34N2O3S. The van der Waals surface area contributed by atoms with E-state index < -0.39 is 25.9 Å². The summed E-state index contributed by atoms with van der Waals surface area (Å²) in [6.45, 7) is 2.23. The summed E-state index contributed by atoms with van der Waals surface area (Å²) >= 11 is 0. The van der Waals surface area contributed by atoms with Crippen LogP contribution in [0.15, 0.2) is 30.3 Å². The summed E-state index contributed by atoms with van der Waals surface area (Å²) in [5.74, 6) is -0.172. The van der Waals surface area contributed by atoms with Crippen molar-refractivity contribution in [3.05, 3.63) is 41.4 Å². The zero-order valence-electron chi connectivity index (χ0n) is 17.6. The maximum atomic E-state index is 12.9. The fourth-order valence-electron chi connectivity index (χ4n) is 4.22. The average Bonchev–Trinajstić information content (AvgIpc) is 2.74. The molecule has 1 fully saturated rings. The second-order valence-electron chi connectivity index (χ2n) is 8.20. The molecule has 1 aliphatic carbocycles. The number of carbonyl (C=O) groups is 1. The zero-order valence-corrected chi connectivity index (χ0v) is 18.4. The normalized spacial score (nSPS) is 19.5. The minimum Gasteiger partial charge on any atom is -0.360 e. The summed E-state index contributed by atoms with van der Waals surface area (Å²) in [5.41, 5.74) is 9.50. The lowest BCUT2D eigenvalue weighted by Crippen LogP contribution is -2.36. The first kappa shape index (κ1) is 23.5. The molecule has 0 amide bonds. The van der Waals surface area contributed by atoms with Crippen LogP contribution in [0, 0.1) is 5.92 Å². The summed E-state index contributed by atoms with van der Waals surface area (Å²) in [6, 6.07) is 8.12. The lowest BCUT2D eigenvalue weighted by atomic mass is 9.85. The van der Waals surface area contributed by atoms with Crippen LogP contribution in [0.5, 0.6) is 0 Å². The molecule has 0 spiro atoms. The minimum absolute atomic E-state index is 0.219. The minimum atomic E-state index is -3.93. The van der Waals surface area contributed by atoms with Gasteiger partial charge < -0.3 is 5.53 Å². The van der Waals surface area contributed by atoms with Crippen molar-refractivity contribution < 1.29 is 18.0 Å². The van der Waals surface area contributed by atoms with E-state index >= 15 is 0 Å². The van der Waals surface area contributed by atoms with Crippen molar-refractivity contribution >= 4 is 20.7 Å². The molecular weight excluding hydrogens is 384 g/mol. The van der Waals surface area contributed by atoms with Crippen molar-refractivity contribution in [1.29, 1.82) is 0 Å². The van der Waals surface area contributed by atoms with Crippen LogP contribution in [-0.4, -0.2) is 29.3 Å². The van der Waals surface area contributed by atoms with Gasteiger partial charge in [-0.1, -0.05) is 88.6 Å². The fraction of sp³-hybridized carbons (Fsp3) is 0.652. The lowest BCUT2D eigenvalue weighted by molar-refractivity contribution is -0.00170. The molecule has 2 rings (SSSR count). The smallest absolute Gasteiger partial charge is 0.360 e.